The normalized spacial score (nSPS) is 15.0. The highest BCUT2D eigenvalue weighted by atomic mass is 32.2. The topological polar surface area (TPSA) is 102 Å². The van der Waals surface area contributed by atoms with E-state index in [9.17, 15) is 19.2 Å². The van der Waals surface area contributed by atoms with Crippen LogP contribution in [0.15, 0.2) is 24.3 Å². The zero-order valence-electron chi connectivity index (χ0n) is 17.4. The Balaban J connectivity index is 2.11. The molecule has 1 aromatic rings. The molecular weight excluding hydrogens is 396 g/mol. The van der Waals surface area contributed by atoms with Gasteiger partial charge in [-0.2, -0.15) is 0 Å². The molecule has 2 rings (SSSR count). The highest BCUT2D eigenvalue weighted by molar-refractivity contribution is 7.98. The molecule has 1 atom stereocenters. The third kappa shape index (κ3) is 6.22. The molecule has 8 nitrogen and oxygen atoms in total. The van der Waals surface area contributed by atoms with Crippen molar-refractivity contribution in [3.05, 3.63) is 35.4 Å². The number of hydrogen-bond acceptors (Lipinski definition) is 7. The summed E-state index contributed by atoms with van der Waals surface area (Å²) < 4.78 is 11.5. The first-order valence-corrected chi connectivity index (χ1v) is 10.1. The summed E-state index contributed by atoms with van der Waals surface area (Å²) in [6.07, 6.45) is -0.795. The average Bonchev–Trinajstić information content (AvgIpc) is 2.80. The van der Waals surface area contributed by atoms with Crippen molar-refractivity contribution in [2.75, 3.05) is 5.75 Å². The number of benzene rings is 1. The number of nitrogens with one attached hydrogen (secondary N) is 1. The van der Waals surface area contributed by atoms with Gasteiger partial charge in [-0.3, -0.25) is 9.59 Å². The maximum Gasteiger partial charge on any atom is 0.408 e. The van der Waals surface area contributed by atoms with Gasteiger partial charge in [-0.15, -0.1) is 0 Å². The molecule has 0 fully saturated rings. The van der Waals surface area contributed by atoms with E-state index in [1.165, 1.54) is 0 Å². The molecule has 158 valence electrons. The predicted molar refractivity (Wildman–Crippen MR) is 108 cm³/mol. The van der Waals surface area contributed by atoms with Crippen molar-refractivity contribution in [1.29, 1.82) is 0 Å². The minimum atomic E-state index is -1.11. The molecule has 3 amide bonds. The van der Waals surface area contributed by atoms with Crippen LogP contribution in [0.1, 0.15) is 62.3 Å². The van der Waals surface area contributed by atoms with Crippen molar-refractivity contribution in [1.82, 2.24) is 9.62 Å². The van der Waals surface area contributed by atoms with Gasteiger partial charge in [-0.05, 0) is 65.6 Å². The zero-order valence-corrected chi connectivity index (χ0v) is 18.2. The number of amides is 3. The Labute approximate surface area is 174 Å². The summed E-state index contributed by atoms with van der Waals surface area (Å²) in [5, 5.41) is 2.46. The largest absolute Gasteiger partial charge is 0.458 e. The van der Waals surface area contributed by atoms with E-state index >= 15 is 0 Å². The second-order valence-electron chi connectivity index (χ2n) is 8.48. The van der Waals surface area contributed by atoms with E-state index in [-0.39, 0.29) is 5.75 Å². The molecule has 1 aliphatic heterocycles. The fraction of sp³-hybridized carbons (Fsp3) is 0.500. The number of nitrogens with zero attached hydrogens (tertiary/aromatic N) is 1. The van der Waals surface area contributed by atoms with Crippen molar-refractivity contribution in [2.45, 2.75) is 58.8 Å². The van der Waals surface area contributed by atoms with Crippen LogP contribution in [0, 0.1) is 0 Å². The number of imide groups is 1. The summed E-state index contributed by atoms with van der Waals surface area (Å²) in [6, 6.07) is 5.37. The summed E-state index contributed by atoms with van der Waals surface area (Å²) >= 11 is 0.842. The highest BCUT2D eigenvalue weighted by Gasteiger charge is 2.37. The van der Waals surface area contributed by atoms with Gasteiger partial charge in [0.05, 0.1) is 11.1 Å². The molecule has 1 heterocycles. The minimum absolute atomic E-state index is 0.0837. The maximum atomic E-state index is 12.6. The minimum Gasteiger partial charge on any atom is -0.458 e. The van der Waals surface area contributed by atoms with Crippen molar-refractivity contribution < 1.29 is 28.7 Å². The molecule has 29 heavy (non-hydrogen) atoms. The van der Waals surface area contributed by atoms with E-state index in [0.29, 0.717) is 11.1 Å². The maximum absolute atomic E-state index is 12.6. The number of esters is 1. The third-order valence-electron chi connectivity index (χ3n) is 3.51. The van der Waals surface area contributed by atoms with E-state index < -0.39 is 41.1 Å². The number of ether oxygens (including phenoxy) is 2. The molecule has 9 heteroatoms. The molecule has 1 aromatic carbocycles. The lowest BCUT2D eigenvalue weighted by molar-refractivity contribution is -0.156. The predicted octanol–water partition coefficient (Wildman–Crippen LogP) is 3.17. The van der Waals surface area contributed by atoms with Crippen LogP contribution in [0.2, 0.25) is 0 Å². The number of alkyl carbamates (subject to hydrolysis) is 1. The Kier molecular flexibility index (Phi) is 6.62. The lowest BCUT2D eigenvalue weighted by atomic mass is 10.1. The second kappa shape index (κ2) is 8.44. The quantitative estimate of drug-likeness (QED) is 0.442. The van der Waals surface area contributed by atoms with Gasteiger partial charge in [0.2, 0.25) is 0 Å². The van der Waals surface area contributed by atoms with E-state index in [2.05, 4.69) is 5.32 Å². The van der Waals surface area contributed by atoms with Gasteiger partial charge >= 0.3 is 12.1 Å². The summed E-state index contributed by atoms with van der Waals surface area (Å²) in [5.74, 6) is -1.70. The Morgan fingerprint density at radius 1 is 0.966 bits per heavy atom. The van der Waals surface area contributed by atoms with Gasteiger partial charge in [-0.25, -0.2) is 13.9 Å². The molecule has 0 saturated heterocycles. The monoisotopic (exact) mass is 422 g/mol. The lowest BCUT2D eigenvalue weighted by Crippen LogP contribution is -2.48. The molecule has 1 aliphatic rings. The van der Waals surface area contributed by atoms with Crippen LogP contribution in [-0.4, -0.2) is 51.2 Å². The van der Waals surface area contributed by atoms with Crippen LogP contribution >= 0.6 is 11.9 Å². The van der Waals surface area contributed by atoms with Crippen LogP contribution in [0.25, 0.3) is 0 Å². The fourth-order valence-electron chi connectivity index (χ4n) is 2.42. The van der Waals surface area contributed by atoms with E-state index in [0.717, 1.165) is 16.3 Å². The fourth-order valence-corrected chi connectivity index (χ4v) is 3.37. The number of carbonyl (C=O) groups is 4. The van der Waals surface area contributed by atoms with Crippen LogP contribution in [0.3, 0.4) is 0 Å². The van der Waals surface area contributed by atoms with Crippen molar-refractivity contribution in [2.24, 2.45) is 0 Å². The van der Waals surface area contributed by atoms with Gasteiger partial charge in [0.1, 0.15) is 17.2 Å². The molecule has 1 N–H and O–H groups in total. The average molecular weight is 423 g/mol. The highest BCUT2D eigenvalue weighted by Crippen LogP contribution is 2.28. The standard InChI is InChI=1S/C20H26N2O6S/c1-19(2,3)27-17(25)14(21-18(26)28-20(4,5)6)11-29-22-15(23)12-9-7-8-10-13(12)16(22)24/h7-10,14H,11H2,1-6H3,(H,21,26)/t14-/m0/s1. The summed E-state index contributed by atoms with van der Waals surface area (Å²) in [4.78, 5) is 49.7. The number of hydrogen-bond donors (Lipinski definition) is 1. The lowest BCUT2D eigenvalue weighted by Gasteiger charge is -2.26. The summed E-state index contributed by atoms with van der Waals surface area (Å²) in [7, 11) is 0. The van der Waals surface area contributed by atoms with Crippen molar-refractivity contribution in [3.8, 4) is 0 Å². The smallest absolute Gasteiger partial charge is 0.408 e. The molecule has 0 aromatic heterocycles. The van der Waals surface area contributed by atoms with Gasteiger partial charge in [0.25, 0.3) is 11.8 Å². The van der Waals surface area contributed by atoms with Gasteiger partial charge in [0.15, 0.2) is 0 Å². The Morgan fingerprint density at radius 2 is 1.45 bits per heavy atom. The van der Waals surface area contributed by atoms with Gasteiger partial charge in [-0.1, -0.05) is 12.1 Å². The number of rotatable bonds is 5. The van der Waals surface area contributed by atoms with Crippen molar-refractivity contribution >= 4 is 35.8 Å². The Bertz CT molecular complexity index is 790. The first-order valence-electron chi connectivity index (χ1n) is 9.11. The first-order chi connectivity index (χ1) is 13.3. The molecule has 0 saturated carbocycles. The van der Waals surface area contributed by atoms with E-state index in [1.807, 2.05) is 0 Å². The molecule has 0 aliphatic carbocycles. The number of fused-ring (bicyclic) bond motifs is 1. The SMILES string of the molecule is CC(C)(C)OC(=O)N[C@@H](CSN1C(=O)c2ccccc2C1=O)C(=O)OC(C)(C)C. The van der Waals surface area contributed by atoms with Crippen LogP contribution in [0.5, 0.6) is 0 Å². The molecule has 0 bridgehead atoms. The molecular formula is C20H26N2O6S. The Morgan fingerprint density at radius 3 is 1.90 bits per heavy atom. The van der Waals surface area contributed by atoms with Gasteiger partial charge in [0, 0.05) is 5.75 Å². The number of carbonyl (C=O) groups excluding carboxylic acids is 4. The molecule has 0 spiro atoms. The molecule has 0 radical (unpaired) electrons. The van der Waals surface area contributed by atoms with E-state index in [4.69, 9.17) is 9.47 Å². The third-order valence-corrected chi connectivity index (χ3v) is 4.58. The van der Waals surface area contributed by atoms with Crippen molar-refractivity contribution in [3.63, 3.8) is 0 Å². The summed E-state index contributed by atoms with van der Waals surface area (Å²) in [5.41, 5.74) is -0.915. The van der Waals surface area contributed by atoms with Crippen LogP contribution < -0.4 is 5.32 Å². The first kappa shape index (κ1) is 22.7. The Hall–Kier alpha value is -2.55. The molecule has 0 unspecified atom stereocenters. The van der Waals surface area contributed by atoms with Gasteiger partial charge < -0.3 is 14.8 Å². The van der Waals surface area contributed by atoms with Crippen LogP contribution in [0.4, 0.5) is 4.79 Å². The zero-order chi connectivity index (χ0) is 22.0. The van der Waals surface area contributed by atoms with Crippen LogP contribution in [-0.2, 0) is 14.3 Å². The second-order valence-corrected chi connectivity index (χ2v) is 9.43. The summed E-state index contributed by atoms with van der Waals surface area (Å²) in [6.45, 7) is 10.2. The van der Waals surface area contributed by atoms with E-state index in [1.54, 1.807) is 65.8 Å².